The maximum absolute atomic E-state index is 12.3. The molecular weight excluding hydrogens is 330 g/mol. The first-order valence-corrected chi connectivity index (χ1v) is 9.01. The number of aryl methyl sites for hydroxylation is 1. The first-order chi connectivity index (χ1) is 12.7. The molecule has 6 heteroatoms. The van der Waals surface area contributed by atoms with Gasteiger partial charge in [0.05, 0.1) is 13.0 Å². The van der Waals surface area contributed by atoms with Gasteiger partial charge in [0.1, 0.15) is 11.6 Å². The number of methoxy groups -OCH3 is 1. The second-order valence-corrected chi connectivity index (χ2v) is 6.54. The van der Waals surface area contributed by atoms with Gasteiger partial charge in [-0.25, -0.2) is 4.98 Å². The number of likely N-dealkylation sites (tertiary alicyclic amines) is 1. The fourth-order valence-electron chi connectivity index (χ4n) is 3.17. The first kappa shape index (κ1) is 18.3. The quantitative estimate of drug-likeness (QED) is 0.795. The number of para-hydroxylation sites is 1. The fraction of sp³-hybridized carbons (Fsp3) is 0.450. The number of ether oxygens (including phenoxy) is 2. The molecule has 2 aromatic rings. The Morgan fingerprint density at radius 3 is 2.85 bits per heavy atom. The maximum Gasteiger partial charge on any atom is 0.224 e. The smallest absolute Gasteiger partial charge is 0.224 e. The highest BCUT2D eigenvalue weighted by Crippen LogP contribution is 2.27. The van der Waals surface area contributed by atoms with Crippen LogP contribution in [0, 0.1) is 6.92 Å². The van der Waals surface area contributed by atoms with Gasteiger partial charge in [-0.15, -0.1) is 0 Å². The Bertz CT molecular complexity index is 736. The molecule has 1 aromatic carbocycles. The summed E-state index contributed by atoms with van der Waals surface area (Å²) in [6.45, 7) is 3.83. The molecule has 1 aromatic heterocycles. The molecule has 138 valence electrons. The van der Waals surface area contributed by atoms with Gasteiger partial charge >= 0.3 is 0 Å². The molecule has 1 saturated heterocycles. The van der Waals surface area contributed by atoms with E-state index in [1.807, 2.05) is 48.2 Å². The zero-order valence-electron chi connectivity index (χ0n) is 15.4. The van der Waals surface area contributed by atoms with Crippen molar-refractivity contribution in [2.24, 2.45) is 0 Å². The summed E-state index contributed by atoms with van der Waals surface area (Å²) in [4.78, 5) is 23.4. The highest BCUT2D eigenvalue weighted by molar-refractivity contribution is 5.76. The number of amides is 1. The van der Waals surface area contributed by atoms with Gasteiger partial charge in [0.25, 0.3) is 0 Å². The molecule has 6 nitrogen and oxygen atoms in total. The van der Waals surface area contributed by atoms with E-state index in [-0.39, 0.29) is 11.8 Å². The molecule has 0 N–H and O–H groups in total. The Kier molecular flexibility index (Phi) is 6.17. The SMILES string of the molecule is COCCC(=O)N1CCC[C@H](c2nc(C)cc(Oc3ccccc3)n2)C1. The first-order valence-electron chi connectivity index (χ1n) is 9.01. The molecule has 26 heavy (non-hydrogen) atoms. The molecule has 1 amide bonds. The van der Waals surface area contributed by atoms with E-state index in [2.05, 4.69) is 9.97 Å². The number of rotatable bonds is 6. The van der Waals surface area contributed by atoms with Gasteiger partial charge in [-0.05, 0) is 31.9 Å². The van der Waals surface area contributed by atoms with Crippen molar-refractivity contribution in [3.05, 3.63) is 47.9 Å². The van der Waals surface area contributed by atoms with Crippen LogP contribution in [0.4, 0.5) is 0 Å². The third-order valence-corrected chi connectivity index (χ3v) is 4.47. The Balaban J connectivity index is 1.72. The normalized spacial score (nSPS) is 17.2. The zero-order chi connectivity index (χ0) is 18.4. The number of carbonyl (C=O) groups is 1. The Hall–Kier alpha value is -2.47. The van der Waals surface area contributed by atoms with E-state index in [0.29, 0.717) is 25.5 Å². The van der Waals surface area contributed by atoms with E-state index in [9.17, 15) is 4.79 Å². The predicted molar refractivity (Wildman–Crippen MR) is 98.3 cm³/mol. The van der Waals surface area contributed by atoms with Crippen molar-refractivity contribution < 1.29 is 14.3 Å². The second-order valence-electron chi connectivity index (χ2n) is 6.54. The molecule has 1 aliphatic rings. The van der Waals surface area contributed by atoms with Crippen LogP contribution in [0.1, 0.15) is 36.7 Å². The average Bonchev–Trinajstić information content (AvgIpc) is 2.66. The van der Waals surface area contributed by atoms with Crippen LogP contribution < -0.4 is 4.74 Å². The molecular formula is C20H25N3O3. The summed E-state index contributed by atoms with van der Waals surface area (Å²) in [5, 5.41) is 0. The summed E-state index contributed by atoms with van der Waals surface area (Å²) in [7, 11) is 1.61. The monoisotopic (exact) mass is 355 g/mol. The van der Waals surface area contributed by atoms with Crippen LogP contribution in [0.3, 0.4) is 0 Å². The Morgan fingerprint density at radius 2 is 2.08 bits per heavy atom. The number of nitrogens with zero attached hydrogens (tertiary/aromatic N) is 3. The standard InChI is InChI=1S/C20H25N3O3/c1-15-13-18(26-17-8-4-3-5-9-17)22-20(21-15)16-7-6-11-23(14-16)19(24)10-12-25-2/h3-5,8-9,13,16H,6-7,10-12,14H2,1-2H3/t16-/m0/s1. The zero-order valence-corrected chi connectivity index (χ0v) is 15.4. The second kappa shape index (κ2) is 8.76. The third kappa shape index (κ3) is 4.79. The molecule has 0 bridgehead atoms. The lowest BCUT2D eigenvalue weighted by Gasteiger charge is -2.32. The van der Waals surface area contributed by atoms with E-state index in [4.69, 9.17) is 9.47 Å². The van der Waals surface area contributed by atoms with Gasteiger partial charge in [-0.1, -0.05) is 18.2 Å². The molecule has 0 aliphatic carbocycles. The van der Waals surface area contributed by atoms with Crippen molar-refractivity contribution in [2.75, 3.05) is 26.8 Å². The number of piperidine rings is 1. The van der Waals surface area contributed by atoms with Crippen molar-refractivity contribution in [1.29, 1.82) is 0 Å². The maximum atomic E-state index is 12.3. The van der Waals surface area contributed by atoms with E-state index >= 15 is 0 Å². The number of benzene rings is 1. The van der Waals surface area contributed by atoms with Crippen LogP contribution in [0.2, 0.25) is 0 Å². The molecule has 0 saturated carbocycles. The fourth-order valence-corrected chi connectivity index (χ4v) is 3.17. The van der Waals surface area contributed by atoms with Gasteiger partial charge in [-0.2, -0.15) is 4.98 Å². The highest BCUT2D eigenvalue weighted by atomic mass is 16.5. The van der Waals surface area contributed by atoms with Crippen LogP contribution >= 0.6 is 0 Å². The summed E-state index contributed by atoms with van der Waals surface area (Å²) >= 11 is 0. The lowest BCUT2D eigenvalue weighted by molar-refractivity contribution is -0.133. The van der Waals surface area contributed by atoms with Gasteiger partial charge < -0.3 is 14.4 Å². The summed E-state index contributed by atoms with van der Waals surface area (Å²) in [6, 6.07) is 11.4. The van der Waals surface area contributed by atoms with E-state index < -0.39 is 0 Å². The third-order valence-electron chi connectivity index (χ3n) is 4.47. The largest absolute Gasteiger partial charge is 0.439 e. The van der Waals surface area contributed by atoms with E-state index in [1.165, 1.54) is 0 Å². The molecule has 0 spiro atoms. The van der Waals surface area contributed by atoms with Gasteiger partial charge in [0.2, 0.25) is 11.8 Å². The average molecular weight is 355 g/mol. The summed E-state index contributed by atoms with van der Waals surface area (Å²) in [6.07, 6.45) is 2.35. The minimum atomic E-state index is 0.130. The summed E-state index contributed by atoms with van der Waals surface area (Å²) in [5.41, 5.74) is 0.865. The topological polar surface area (TPSA) is 64.5 Å². The van der Waals surface area contributed by atoms with Gasteiger partial charge in [0.15, 0.2) is 0 Å². The van der Waals surface area contributed by atoms with Crippen LogP contribution in [-0.4, -0.2) is 47.6 Å². The summed E-state index contributed by atoms with van der Waals surface area (Å²) < 4.78 is 10.9. The Labute approximate surface area is 154 Å². The van der Waals surface area contributed by atoms with Crippen molar-refractivity contribution >= 4 is 5.91 Å². The van der Waals surface area contributed by atoms with Crippen molar-refractivity contribution in [1.82, 2.24) is 14.9 Å². The predicted octanol–water partition coefficient (Wildman–Crippen LogP) is 3.32. The molecule has 1 atom stereocenters. The van der Waals surface area contributed by atoms with Crippen molar-refractivity contribution in [2.45, 2.75) is 32.1 Å². The van der Waals surface area contributed by atoms with Crippen molar-refractivity contribution in [3.63, 3.8) is 0 Å². The number of hydrogen-bond donors (Lipinski definition) is 0. The molecule has 1 fully saturated rings. The highest BCUT2D eigenvalue weighted by Gasteiger charge is 2.26. The molecule has 0 unspecified atom stereocenters. The van der Waals surface area contributed by atoms with Crippen molar-refractivity contribution in [3.8, 4) is 11.6 Å². The van der Waals surface area contributed by atoms with Gasteiger partial charge in [0, 0.05) is 37.9 Å². The molecule has 2 heterocycles. The summed E-state index contributed by atoms with van der Waals surface area (Å²) in [5.74, 6) is 2.30. The van der Waals surface area contributed by atoms with Gasteiger partial charge in [-0.3, -0.25) is 4.79 Å². The lowest BCUT2D eigenvalue weighted by atomic mass is 9.96. The lowest BCUT2D eigenvalue weighted by Crippen LogP contribution is -2.39. The minimum Gasteiger partial charge on any atom is -0.439 e. The Morgan fingerprint density at radius 1 is 1.27 bits per heavy atom. The molecule has 3 rings (SSSR count). The molecule has 0 radical (unpaired) electrons. The number of aromatic nitrogens is 2. The van der Waals surface area contributed by atoms with E-state index in [1.54, 1.807) is 7.11 Å². The van der Waals surface area contributed by atoms with E-state index in [0.717, 1.165) is 36.7 Å². The number of hydrogen-bond acceptors (Lipinski definition) is 5. The minimum absolute atomic E-state index is 0.130. The van der Waals surface area contributed by atoms with Crippen LogP contribution in [0.5, 0.6) is 11.6 Å². The number of carbonyl (C=O) groups excluding carboxylic acids is 1. The van der Waals surface area contributed by atoms with Crippen LogP contribution in [0.15, 0.2) is 36.4 Å². The van der Waals surface area contributed by atoms with Crippen LogP contribution in [0.25, 0.3) is 0 Å². The van der Waals surface area contributed by atoms with Crippen LogP contribution in [-0.2, 0) is 9.53 Å². The molecule has 1 aliphatic heterocycles.